The Kier molecular flexibility index (Phi) is 3.46. The summed E-state index contributed by atoms with van der Waals surface area (Å²) in [6, 6.07) is 13.8. The molecule has 0 saturated carbocycles. The lowest BCUT2D eigenvalue weighted by molar-refractivity contribution is 0.103. The molecule has 0 saturated heterocycles. The lowest BCUT2D eigenvalue weighted by Crippen LogP contribution is -2.06. The van der Waals surface area contributed by atoms with E-state index in [1.165, 1.54) is 12.1 Å². The number of nitrogens with one attached hydrogen (secondary N) is 1. The van der Waals surface area contributed by atoms with Crippen LogP contribution in [0.1, 0.15) is 21.6 Å². The van der Waals surface area contributed by atoms with Gasteiger partial charge >= 0.3 is 0 Å². The van der Waals surface area contributed by atoms with Crippen LogP contribution in [-0.4, -0.2) is 27.6 Å². The largest absolute Gasteiger partial charge is 0.508 e. The Morgan fingerprint density at radius 1 is 1.05 bits per heavy atom. The molecule has 0 unspecified atom stereocenters. The SMILES string of the molecule is O=C(c1ccc(O)cc1)c1[nH]c2ccccc2c1CCO. The van der Waals surface area contributed by atoms with Gasteiger partial charge in [0.1, 0.15) is 5.75 Å². The van der Waals surface area contributed by atoms with Crippen LogP contribution in [0.25, 0.3) is 10.9 Å². The Hall–Kier alpha value is -2.59. The van der Waals surface area contributed by atoms with Gasteiger partial charge in [0.15, 0.2) is 0 Å². The molecular weight excluding hydrogens is 266 g/mol. The highest BCUT2D eigenvalue weighted by Gasteiger charge is 2.18. The Morgan fingerprint density at radius 2 is 1.76 bits per heavy atom. The Labute approximate surface area is 121 Å². The highest BCUT2D eigenvalue weighted by Crippen LogP contribution is 2.25. The molecule has 4 heteroatoms. The number of H-pyrrole nitrogens is 1. The van der Waals surface area contributed by atoms with Crippen LogP contribution in [0.15, 0.2) is 48.5 Å². The lowest BCUT2D eigenvalue weighted by Gasteiger charge is -2.03. The molecule has 3 rings (SSSR count). The maximum Gasteiger partial charge on any atom is 0.209 e. The normalized spacial score (nSPS) is 10.9. The van der Waals surface area contributed by atoms with Crippen LogP contribution in [0.4, 0.5) is 0 Å². The number of rotatable bonds is 4. The first-order valence-corrected chi connectivity index (χ1v) is 6.75. The van der Waals surface area contributed by atoms with Gasteiger partial charge < -0.3 is 15.2 Å². The molecule has 2 aromatic carbocycles. The molecule has 0 spiro atoms. The number of fused-ring (bicyclic) bond motifs is 1. The minimum Gasteiger partial charge on any atom is -0.508 e. The van der Waals surface area contributed by atoms with Gasteiger partial charge in [-0.2, -0.15) is 0 Å². The molecule has 0 amide bonds. The van der Waals surface area contributed by atoms with Crippen LogP contribution in [0, 0.1) is 0 Å². The third-order valence-corrected chi connectivity index (χ3v) is 3.53. The van der Waals surface area contributed by atoms with E-state index < -0.39 is 0 Å². The first-order chi connectivity index (χ1) is 10.2. The quantitative estimate of drug-likeness (QED) is 0.644. The van der Waals surface area contributed by atoms with Crippen molar-refractivity contribution in [2.45, 2.75) is 6.42 Å². The number of phenolic OH excluding ortho intramolecular Hbond substituents is 1. The van der Waals surface area contributed by atoms with Crippen molar-refractivity contribution in [1.82, 2.24) is 4.98 Å². The van der Waals surface area contributed by atoms with E-state index in [0.717, 1.165) is 16.5 Å². The number of benzene rings is 2. The fourth-order valence-electron chi connectivity index (χ4n) is 2.52. The number of aromatic nitrogens is 1. The summed E-state index contributed by atoms with van der Waals surface area (Å²) < 4.78 is 0. The summed E-state index contributed by atoms with van der Waals surface area (Å²) in [6.45, 7) is -0.0162. The first-order valence-electron chi connectivity index (χ1n) is 6.75. The summed E-state index contributed by atoms with van der Waals surface area (Å²) in [6.07, 6.45) is 0.420. The average molecular weight is 281 g/mol. The van der Waals surface area contributed by atoms with E-state index in [0.29, 0.717) is 17.7 Å². The molecule has 0 atom stereocenters. The minimum absolute atomic E-state index is 0.0162. The monoisotopic (exact) mass is 281 g/mol. The van der Waals surface area contributed by atoms with Gasteiger partial charge in [-0.25, -0.2) is 0 Å². The number of hydrogen-bond acceptors (Lipinski definition) is 3. The van der Waals surface area contributed by atoms with Crippen LogP contribution in [-0.2, 0) is 6.42 Å². The number of aliphatic hydroxyl groups is 1. The predicted molar refractivity (Wildman–Crippen MR) is 80.6 cm³/mol. The van der Waals surface area contributed by atoms with Crippen molar-refractivity contribution < 1.29 is 15.0 Å². The number of phenols is 1. The maximum absolute atomic E-state index is 12.6. The number of aliphatic hydroxyl groups excluding tert-OH is 1. The number of para-hydroxylation sites is 1. The molecule has 0 radical (unpaired) electrons. The Balaban J connectivity index is 2.12. The van der Waals surface area contributed by atoms with Crippen molar-refractivity contribution >= 4 is 16.7 Å². The highest BCUT2D eigenvalue weighted by atomic mass is 16.3. The molecule has 1 aromatic heterocycles. The molecular formula is C17H15NO3. The fourth-order valence-corrected chi connectivity index (χ4v) is 2.52. The molecule has 1 heterocycles. The molecule has 3 aromatic rings. The molecule has 4 nitrogen and oxygen atoms in total. The smallest absolute Gasteiger partial charge is 0.209 e. The molecule has 0 aliphatic rings. The van der Waals surface area contributed by atoms with Crippen LogP contribution in [0.5, 0.6) is 5.75 Å². The van der Waals surface area contributed by atoms with Crippen molar-refractivity contribution in [2.75, 3.05) is 6.61 Å². The van der Waals surface area contributed by atoms with Crippen molar-refractivity contribution in [3.05, 3.63) is 65.4 Å². The van der Waals surface area contributed by atoms with Gasteiger partial charge in [-0.15, -0.1) is 0 Å². The summed E-state index contributed by atoms with van der Waals surface area (Å²) in [5.41, 5.74) is 2.70. The third kappa shape index (κ3) is 2.41. The summed E-state index contributed by atoms with van der Waals surface area (Å²) in [5.74, 6) is -0.0200. The standard InChI is InChI=1S/C17H15NO3/c19-10-9-14-13-3-1-2-4-15(13)18-16(14)17(21)11-5-7-12(20)8-6-11/h1-8,18-20H,9-10H2. The second kappa shape index (κ2) is 5.42. The van der Waals surface area contributed by atoms with Gasteiger partial charge in [0, 0.05) is 23.1 Å². The van der Waals surface area contributed by atoms with Gasteiger partial charge in [-0.3, -0.25) is 4.79 Å². The van der Waals surface area contributed by atoms with Gasteiger partial charge in [-0.05, 0) is 42.3 Å². The zero-order valence-corrected chi connectivity index (χ0v) is 11.3. The second-order valence-electron chi connectivity index (χ2n) is 4.87. The van der Waals surface area contributed by atoms with E-state index in [-0.39, 0.29) is 18.1 Å². The minimum atomic E-state index is -0.144. The zero-order chi connectivity index (χ0) is 14.8. The van der Waals surface area contributed by atoms with Crippen LogP contribution < -0.4 is 0 Å². The van der Waals surface area contributed by atoms with E-state index in [4.69, 9.17) is 0 Å². The molecule has 3 N–H and O–H groups in total. The number of carbonyl (C=O) groups excluding carboxylic acids is 1. The molecule has 0 aliphatic heterocycles. The number of carbonyl (C=O) groups is 1. The number of ketones is 1. The second-order valence-corrected chi connectivity index (χ2v) is 4.87. The van der Waals surface area contributed by atoms with Crippen molar-refractivity contribution in [2.24, 2.45) is 0 Å². The Bertz CT molecular complexity index is 787. The van der Waals surface area contributed by atoms with Crippen LogP contribution in [0.2, 0.25) is 0 Å². The number of aromatic amines is 1. The van der Waals surface area contributed by atoms with Crippen molar-refractivity contribution in [3.63, 3.8) is 0 Å². The molecule has 21 heavy (non-hydrogen) atoms. The Morgan fingerprint density at radius 3 is 2.48 bits per heavy atom. The van der Waals surface area contributed by atoms with Gasteiger partial charge in [0.25, 0.3) is 0 Å². The summed E-state index contributed by atoms with van der Waals surface area (Å²) in [5, 5.41) is 19.5. The summed E-state index contributed by atoms with van der Waals surface area (Å²) in [7, 11) is 0. The highest BCUT2D eigenvalue weighted by molar-refractivity contribution is 6.11. The lowest BCUT2D eigenvalue weighted by atomic mass is 10.0. The van der Waals surface area contributed by atoms with Gasteiger partial charge in [0.05, 0.1) is 5.69 Å². The van der Waals surface area contributed by atoms with Gasteiger partial charge in [-0.1, -0.05) is 18.2 Å². The van der Waals surface area contributed by atoms with Crippen molar-refractivity contribution in [3.8, 4) is 5.75 Å². The third-order valence-electron chi connectivity index (χ3n) is 3.53. The number of hydrogen-bond donors (Lipinski definition) is 3. The average Bonchev–Trinajstić information content (AvgIpc) is 2.87. The van der Waals surface area contributed by atoms with E-state index in [2.05, 4.69) is 4.98 Å². The van der Waals surface area contributed by atoms with E-state index >= 15 is 0 Å². The topological polar surface area (TPSA) is 73.3 Å². The van der Waals surface area contributed by atoms with E-state index in [1.54, 1.807) is 12.1 Å². The first kappa shape index (κ1) is 13.4. The molecule has 0 fully saturated rings. The van der Waals surface area contributed by atoms with Gasteiger partial charge in [0.2, 0.25) is 5.78 Å². The molecule has 0 bridgehead atoms. The van der Waals surface area contributed by atoms with E-state index in [1.807, 2.05) is 24.3 Å². The molecule has 0 aliphatic carbocycles. The fraction of sp³-hybridized carbons (Fsp3) is 0.118. The number of aromatic hydroxyl groups is 1. The van der Waals surface area contributed by atoms with E-state index in [9.17, 15) is 15.0 Å². The molecule has 106 valence electrons. The summed E-state index contributed by atoms with van der Waals surface area (Å²) in [4.78, 5) is 15.8. The zero-order valence-electron chi connectivity index (χ0n) is 11.3. The summed E-state index contributed by atoms with van der Waals surface area (Å²) >= 11 is 0. The maximum atomic E-state index is 12.6. The van der Waals surface area contributed by atoms with Crippen molar-refractivity contribution in [1.29, 1.82) is 0 Å². The van der Waals surface area contributed by atoms with Crippen LogP contribution >= 0.6 is 0 Å². The van der Waals surface area contributed by atoms with Crippen LogP contribution in [0.3, 0.4) is 0 Å². The predicted octanol–water partition coefficient (Wildman–Crippen LogP) is 2.64.